The minimum absolute atomic E-state index is 0.0609. The van der Waals surface area contributed by atoms with Crippen molar-refractivity contribution in [2.45, 2.75) is 51.4 Å². The smallest absolute Gasteiger partial charge is 0.317 e. The molecule has 2 fully saturated rings. The molecule has 1 N–H and O–H groups in total. The molecule has 2 heterocycles. The largest absolute Gasteiger partial charge is 0.339 e. The van der Waals surface area contributed by atoms with Crippen molar-refractivity contribution in [3.8, 4) is 0 Å². The van der Waals surface area contributed by atoms with Crippen molar-refractivity contribution in [3.63, 3.8) is 0 Å². The molecule has 3 rings (SSSR count). The summed E-state index contributed by atoms with van der Waals surface area (Å²) in [6.45, 7) is 4.45. The van der Waals surface area contributed by atoms with Gasteiger partial charge in [-0.2, -0.15) is 4.98 Å². The lowest BCUT2D eigenvalue weighted by molar-refractivity contribution is 0.161. The van der Waals surface area contributed by atoms with Gasteiger partial charge in [-0.05, 0) is 38.0 Å². The van der Waals surface area contributed by atoms with E-state index in [1.807, 2.05) is 4.90 Å². The summed E-state index contributed by atoms with van der Waals surface area (Å²) in [6.07, 6.45) is 6.31. The number of hydrogen-bond acceptors (Lipinski definition) is 4. The van der Waals surface area contributed by atoms with Crippen LogP contribution in [-0.2, 0) is 6.42 Å². The second-order valence-electron chi connectivity index (χ2n) is 6.21. The number of urea groups is 1. The zero-order valence-electron chi connectivity index (χ0n) is 12.7. The van der Waals surface area contributed by atoms with E-state index < -0.39 is 0 Å². The van der Waals surface area contributed by atoms with Gasteiger partial charge in [-0.25, -0.2) is 4.79 Å². The Bertz CT molecular complexity index is 484. The third-order valence-electron chi connectivity index (χ3n) is 4.22. The van der Waals surface area contributed by atoms with E-state index in [1.54, 1.807) is 0 Å². The molecule has 0 radical (unpaired) electrons. The monoisotopic (exact) mass is 292 g/mol. The number of nitrogens with zero attached hydrogens (tertiary/aromatic N) is 3. The fourth-order valence-electron chi connectivity index (χ4n) is 2.87. The van der Waals surface area contributed by atoms with E-state index in [9.17, 15) is 4.79 Å². The summed E-state index contributed by atoms with van der Waals surface area (Å²) in [5.41, 5.74) is 0. The molecule has 0 bridgehead atoms. The Hall–Kier alpha value is -1.59. The van der Waals surface area contributed by atoms with Crippen LogP contribution in [0.25, 0.3) is 0 Å². The van der Waals surface area contributed by atoms with Crippen LogP contribution in [0.5, 0.6) is 0 Å². The van der Waals surface area contributed by atoms with Crippen LogP contribution in [0.15, 0.2) is 4.52 Å². The molecule has 116 valence electrons. The van der Waals surface area contributed by atoms with E-state index in [0.29, 0.717) is 11.8 Å². The first-order valence-corrected chi connectivity index (χ1v) is 8.11. The summed E-state index contributed by atoms with van der Waals surface area (Å²) in [5, 5.41) is 7.01. The maximum atomic E-state index is 12.0. The molecule has 6 heteroatoms. The molecule has 2 aliphatic rings. The summed E-state index contributed by atoms with van der Waals surface area (Å²) in [5.74, 6) is 2.57. The quantitative estimate of drug-likeness (QED) is 0.904. The first-order chi connectivity index (χ1) is 10.3. The van der Waals surface area contributed by atoms with Crippen molar-refractivity contribution < 1.29 is 9.32 Å². The number of rotatable bonds is 5. The van der Waals surface area contributed by atoms with Crippen LogP contribution in [0.4, 0.5) is 4.79 Å². The SMILES string of the molecule is CCCNC(=O)N1CCCC(Cc2nc(C3CC3)no2)C1. The lowest BCUT2D eigenvalue weighted by Crippen LogP contribution is -2.46. The number of nitrogens with one attached hydrogen (secondary N) is 1. The van der Waals surface area contributed by atoms with Crippen LogP contribution in [0.2, 0.25) is 0 Å². The summed E-state index contributed by atoms with van der Waals surface area (Å²) >= 11 is 0. The van der Waals surface area contributed by atoms with E-state index in [0.717, 1.165) is 57.0 Å². The van der Waals surface area contributed by atoms with Gasteiger partial charge in [-0.1, -0.05) is 12.1 Å². The van der Waals surface area contributed by atoms with E-state index in [-0.39, 0.29) is 6.03 Å². The van der Waals surface area contributed by atoms with Gasteiger partial charge in [0.1, 0.15) is 0 Å². The fourth-order valence-corrected chi connectivity index (χ4v) is 2.87. The highest BCUT2D eigenvalue weighted by Gasteiger charge is 2.30. The minimum Gasteiger partial charge on any atom is -0.339 e. The molecule has 1 saturated carbocycles. The molecule has 1 aliphatic carbocycles. The third kappa shape index (κ3) is 3.74. The number of aromatic nitrogens is 2. The summed E-state index contributed by atoms with van der Waals surface area (Å²) in [6, 6.07) is 0.0609. The van der Waals surface area contributed by atoms with Gasteiger partial charge in [0.05, 0.1) is 0 Å². The van der Waals surface area contributed by atoms with Crippen LogP contribution in [0, 0.1) is 5.92 Å². The van der Waals surface area contributed by atoms with Gasteiger partial charge < -0.3 is 14.7 Å². The average molecular weight is 292 g/mol. The van der Waals surface area contributed by atoms with E-state index in [4.69, 9.17) is 4.52 Å². The summed E-state index contributed by atoms with van der Waals surface area (Å²) < 4.78 is 5.35. The van der Waals surface area contributed by atoms with Gasteiger partial charge in [0.25, 0.3) is 0 Å². The highest BCUT2D eigenvalue weighted by atomic mass is 16.5. The Morgan fingerprint density at radius 2 is 2.29 bits per heavy atom. The standard InChI is InChI=1S/C15H24N4O2/c1-2-7-16-15(20)19-8-3-4-11(10-19)9-13-17-14(18-21-13)12-5-6-12/h11-12H,2-10H2,1H3,(H,16,20). The molecular formula is C15H24N4O2. The fraction of sp³-hybridized carbons (Fsp3) is 0.800. The number of amides is 2. The number of carbonyl (C=O) groups is 1. The molecule has 1 aliphatic heterocycles. The van der Waals surface area contributed by atoms with Crippen molar-refractivity contribution in [1.82, 2.24) is 20.4 Å². The Balaban J connectivity index is 1.51. The van der Waals surface area contributed by atoms with Crippen LogP contribution in [0.1, 0.15) is 56.7 Å². The maximum absolute atomic E-state index is 12.0. The van der Waals surface area contributed by atoms with Gasteiger partial charge in [0, 0.05) is 32.0 Å². The van der Waals surface area contributed by atoms with Crippen LogP contribution in [0.3, 0.4) is 0 Å². The van der Waals surface area contributed by atoms with Crippen molar-refractivity contribution in [2.24, 2.45) is 5.92 Å². The zero-order chi connectivity index (χ0) is 14.7. The molecule has 1 aromatic heterocycles. The average Bonchev–Trinajstić information content (AvgIpc) is 3.25. The molecule has 2 amide bonds. The van der Waals surface area contributed by atoms with Crippen LogP contribution in [-0.4, -0.2) is 40.7 Å². The van der Waals surface area contributed by atoms with Crippen molar-refractivity contribution in [3.05, 3.63) is 11.7 Å². The molecule has 1 saturated heterocycles. The number of carbonyl (C=O) groups excluding carboxylic acids is 1. The van der Waals surface area contributed by atoms with Crippen molar-refractivity contribution in [2.75, 3.05) is 19.6 Å². The second-order valence-corrected chi connectivity index (χ2v) is 6.21. The lowest BCUT2D eigenvalue weighted by Gasteiger charge is -2.32. The Morgan fingerprint density at radius 1 is 1.43 bits per heavy atom. The molecular weight excluding hydrogens is 268 g/mol. The van der Waals surface area contributed by atoms with Gasteiger partial charge in [-0.3, -0.25) is 0 Å². The van der Waals surface area contributed by atoms with Crippen LogP contribution >= 0.6 is 0 Å². The van der Waals surface area contributed by atoms with Gasteiger partial charge in [0.2, 0.25) is 5.89 Å². The van der Waals surface area contributed by atoms with E-state index in [2.05, 4.69) is 22.4 Å². The second kappa shape index (κ2) is 6.45. The Morgan fingerprint density at radius 3 is 3.05 bits per heavy atom. The molecule has 0 aromatic carbocycles. The zero-order valence-corrected chi connectivity index (χ0v) is 12.7. The number of hydrogen-bond donors (Lipinski definition) is 1. The summed E-state index contributed by atoms with van der Waals surface area (Å²) in [7, 11) is 0. The van der Waals surface area contributed by atoms with Crippen molar-refractivity contribution in [1.29, 1.82) is 0 Å². The topological polar surface area (TPSA) is 71.3 Å². The number of likely N-dealkylation sites (tertiary alicyclic amines) is 1. The molecule has 1 aromatic rings. The highest BCUT2D eigenvalue weighted by Crippen LogP contribution is 2.38. The Labute approximate surface area is 125 Å². The van der Waals surface area contributed by atoms with E-state index >= 15 is 0 Å². The normalized spacial score (nSPS) is 22.3. The highest BCUT2D eigenvalue weighted by molar-refractivity contribution is 5.74. The van der Waals surface area contributed by atoms with Gasteiger partial charge in [-0.15, -0.1) is 0 Å². The molecule has 21 heavy (non-hydrogen) atoms. The predicted octanol–water partition coefficient (Wildman–Crippen LogP) is 2.32. The molecule has 1 unspecified atom stereocenters. The summed E-state index contributed by atoms with van der Waals surface area (Å²) in [4.78, 5) is 18.4. The first-order valence-electron chi connectivity index (χ1n) is 8.11. The lowest BCUT2D eigenvalue weighted by atomic mass is 9.95. The van der Waals surface area contributed by atoms with E-state index in [1.165, 1.54) is 12.8 Å². The molecule has 6 nitrogen and oxygen atoms in total. The third-order valence-corrected chi connectivity index (χ3v) is 4.22. The van der Waals surface area contributed by atoms with Crippen LogP contribution < -0.4 is 5.32 Å². The maximum Gasteiger partial charge on any atom is 0.317 e. The molecule has 1 atom stereocenters. The van der Waals surface area contributed by atoms with Gasteiger partial charge in [0.15, 0.2) is 5.82 Å². The van der Waals surface area contributed by atoms with Gasteiger partial charge >= 0.3 is 6.03 Å². The first kappa shape index (κ1) is 14.4. The number of piperidine rings is 1. The Kier molecular flexibility index (Phi) is 4.41. The minimum atomic E-state index is 0.0609. The molecule has 0 spiro atoms. The van der Waals surface area contributed by atoms with Crippen molar-refractivity contribution >= 4 is 6.03 Å². The predicted molar refractivity (Wildman–Crippen MR) is 78.0 cm³/mol.